The van der Waals surface area contributed by atoms with Crippen LogP contribution in [0.5, 0.6) is 0 Å². The normalized spacial score (nSPS) is 14.5. The number of aromatic nitrogens is 3. The number of rotatable bonds is 4. The van der Waals surface area contributed by atoms with Crippen LogP contribution in [0.1, 0.15) is 23.2 Å². The van der Waals surface area contributed by atoms with Crippen LogP contribution in [0.3, 0.4) is 0 Å². The SMILES string of the molecule is O=C(c1ccncc1)N1CCC(Nc2cnn(-c3ccc(Cl)cc3)c(=O)c2Cl)CC1. The second kappa shape index (κ2) is 8.85. The van der Waals surface area contributed by atoms with Gasteiger partial charge in [-0.3, -0.25) is 14.6 Å². The predicted molar refractivity (Wildman–Crippen MR) is 117 cm³/mol. The summed E-state index contributed by atoms with van der Waals surface area (Å²) in [6.45, 7) is 1.23. The van der Waals surface area contributed by atoms with Crippen LogP contribution in [0.25, 0.3) is 5.69 Å². The van der Waals surface area contributed by atoms with Gasteiger partial charge in [-0.2, -0.15) is 9.78 Å². The van der Waals surface area contributed by atoms with Crippen LogP contribution in [0, 0.1) is 0 Å². The molecule has 0 saturated carbocycles. The van der Waals surface area contributed by atoms with Crippen molar-refractivity contribution in [3.05, 3.63) is 81.0 Å². The van der Waals surface area contributed by atoms with Gasteiger partial charge >= 0.3 is 0 Å². The molecule has 0 spiro atoms. The minimum atomic E-state index is -0.408. The summed E-state index contributed by atoms with van der Waals surface area (Å²) >= 11 is 12.2. The number of pyridine rings is 1. The second-order valence-electron chi connectivity index (χ2n) is 7.01. The van der Waals surface area contributed by atoms with Crippen LogP contribution in [0.15, 0.2) is 59.8 Å². The van der Waals surface area contributed by atoms with E-state index in [9.17, 15) is 9.59 Å². The molecular weight excluding hydrogens is 425 g/mol. The van der Waals surface area contributed by atoms with Crippen molar-refractivity contribution in [3.8, 4) is 5.69 Å². The predicted octanol–water partition coefficient (Wildman–Crippen LogP) is 3.65. The molecule has 1 N–H and O–H groups in total. The highest BCUT2D eigenvalue weighted by Crippen LogP contribution is 2.22. The maximum absolute atomic E-state index is 12.7. The number of amides is 1. The lowest BCUT2D eigenvalue weighted by atomic mass is 10.0. The Hall–Kier alpha value is -2.90. The number of hydrogen-bond acceptors (Lipinski definition) is 5. The Morgan fingerprint density at radius 2 is 1.70 bits per heavy atom. The third-order valence-electron chi connectivity index (χ3n) is 5.06. The molecule has 154 valence electrons. The number of halogens is 2. The van der Waals surface area contributed by atoms with Crippen molar-refractivity contribution in [2.24, 2.45) is 0 Å². The third-order valence-corrected chi connectivity index (χ3v) is 5.68. The average Bonchev–Trinajstić information content (AvgIpc) is 2.78. The van der Waals surface area contributed by atoms with E-state index in [1.807, 2.05) is 4.90 Å². The first-order chi connectivity index (χ1) is 14.5. The fourth-order valence-corrected chi connectivity index (χ4v) is 3.73. The minimum absolute atomic E-state index is 0.00103. The summed E-state index contributed by atoms with van der Waals surface area (Å²) in [7, 11) is 0. The maximum atomic E-state index is 12.7. The molecule has 0 radical (unpaired) electrons. The molecule has 0 bridgehead atoms. The smallest absolute Gasteiger partial charge is 0.292 e. The van der Waals surface area contributed by atoms with Crippen molar-refractivity contribution < 1.29 is 4.79 Å². The lowest BCUT2D eigenvalue weighted by molar-refractivity contribution is 0.0718. The number of piperidine rings is 1. The number of nitrogens with zero attached hydrogens (tertiary/aromatic N) is 4. The van der Waals surface area contributed by atoms with Gasteiger partial charge in [0, 0.05) is 42.1 Å². The Balaban J connectivity index is 1.42. The van der Waals surface area contributed by atoms with Crippen LogP contribution < -0.4 is 10.9 Å². The molecule has 0 atom stereocenters. The van der Waals surface area contributed by atoms with Crippen LogP contribution in [-0.2, 0) is 0 Å². The van der Waals surface area contributed by atoms with Gasteiger partial charge in [-0.1, -0.05) is 23.2 Å². The Kier molecular flexibility index (Phi) is 6.01. The van der Waals surface area contributed by atoms with E-state index in [1.54, 1.807) is 55.0 Å². The number of nitrogens with one attached hydrogen (secondary N) is 1. The number of anilines is 1. The van der Waals surface area contributed by atoms with Crippen molar-refractivity contribution in [1.82, 2.24) is 19.7 Å². The molecule has 2 aromatic heterocycles. The van der Waals surface area contributed by atoms with Gasteiger partial charge in [0.25, 0.3) is 11.5 Å². The molecule has 1 saturated heterocycles. The van der Waals surface area contributed by atoms with Crippen molar-refractivity contribution >= 4 is 34.8 Å². The monoisotopic (exact) mass is 443 g/mol. The van der Waals surface area contributed by atoms with E-state index in [4.69, 9.17) is 23.2 Å². The highest BCUT2D eigenvalue weighted by Gasteiger charge is 2.24. The van der Waals surface area contributed by atoms with Gasteiger partial charge in [-0.25, -0.2) is 0 Å². The quantitative estimate of drug-likeness (QED) is 0.665. The van der Waals surface area contributed by atoms with Gasteiger partial charge in [0.15, 0.2) is 0 Å². The van der Waals surface area contributed by atoms with E-state index >= 15 is 0 Å². The summed E-state index contributed by atoms with van der Waals surface area (Å²) in [6.07, 6.45) is 6.26. The molecule has 1 aliphatic heterocycles. The number of carbonyl (C=O) groups is 1. The maximum Gasteiger partial charge on any atom is 0.292 e. The first-order valence-corrected chi connectivity index (χ1v) is 10.3. The van der Waals surface area contributed by atoms with Crippen molar-refractivity contribution in [2.45, 2.75) is 18.9 Å². The molecule has 30 heavy (non-hydrogen) atoms. The molecule has 1 fully saturated rings. The Labute approximate surface area is 183 Å². The van der Waals surface area contributed by atoms with E-state index < -0.39 is 5.56 Å². The van der Waals surface area contributed by atoms with Crippen LogP contribution in [0.2, 0.25) is 10.0 Å². The highest BCUT2D eigenvalue weighted by molar-refractivity contribution is 6.33. The zero-order chi connectivity index (χ0) is 21.1. The number of hydrogen-bond donors (Lipinski definition) is 1. The molecule has 0 aliphatic carbocycles. The average molecular weight is 444 g/mol. The zero-order valence-corrected chi connectivity index (χ0v) is 17.5. The van der Waals surface area contributed by atoms with Crippen LogP contribution >= 0.6 is 23.2 Å². The first-order valence-electron chi connectivity index (χ1n) is 9.52. The van der Waals surface area contributed by atoms with Crippen molar-refractivity contribution in [1.29, 1.82) is 0 Å². The lowest BCUT2D eigenvalue weighted by Crippen LogP contribution is -2.42. The fraction of sp³-hybridized carbons (Fsp3) is 0.238. The van der Waals surface area contributed by atoms with Gasteiger partial charge in [-0.05, 0) is 49.2 Å². The Morgan fingerprint density at radius 3 is 2.37 bits per heavy atom. The van der Waals surface area contributed by atoms with Crippen LogP contribution in [0.4, 0.5) is 5.69 Å². The van der Waals surface area contributed by atoms with E-state index in [0.717, 1.165) is 12.8 Å². The minimum Gasteiger partial charge on any atom is -0.380 e. The molecule has 3 heterocycles. The van der Waals surface area contributed by atoms with Crippen molar-refractivity contribution in [2.75, 3.05) is 18.4 Å². The molecule has 0 unspecified atom stereocenters. The molecule has 7 nitrogen and oxygen atoms in total. The summed E-state index contributed by atoms with van der Waals surface area (Å²) in [6, 6.07) is 10.3. The van der Waals surface area contributed by atoms with Crippen molar-refractivity contribution in [3.63, 3.8) is 0 Å². The Bertz CT molecular complexity index is 1090. The van der Waals surface area contributed by atoms with E-state index in [-0.39, 0.29) is 17.0 Å². The van der Waals surface area contributed by atoms with Gasteiger partial charge in [0.1, 0.15) is 5.02 Å². The molecule has 1 aliphatic rings. The summed E-state index contributed by atoms with van der Waals surface area (Å²) in [5.74, 6) is 0.00103. The van der Waals surface area contributed by atoms with E-state index in [0.29, 0.717) is 35.1 Å². The number of benzene rings is 1. The highest BCUT2D eigenvalue weighted by atomic mass is 35.5. The number of likely N-dealkylation sites (tertiary alicyclic amines) is 1. The number of carbonyl (C=O) groups excluding carboxylic acids is 1. The van der Waals surface area contributed by atoms with Gasteiger partial charge in [-0.15, -0.1) is 0 Å². The summed E-state index contributed by atoms with van der Waals surface area (Å²) in [5, 5.41) is 8.18. The molecule has 1 aromatic carbocycles. The fourth-order valence-electron chi connectivity index (χ4n) is 3.42. The molecule has 9 heteroatoms. The Morgan fingerprint density at radius 1 is 1.03 bits per heavy atom. The van der Waals surface area contributed by atoms with Gasteiger partial charge < -0.3 is 10.2 Å². The third kappa shape index (κ3) is 4.32. The summed E-state index contributed by atoms with van der Waals surface area (Å²) in [5.41, 5.74) is 1.30. The second-order valence-corrected chi connectivity index (χ2v) is 7.83. The molecule has 3 aromatic rings. The van der Waals surface area contributed by atoms with Crippen LogP contribution in [-0.4, -0.2) is 44.7 Å². The van der Waals surface area contributed by atoms with Gasteiger partial charge in [0.05, 0.1) is 17.6 Å². The molecular formula is C21H19Cl2N5O2. The molecule has 4 rings (SSSR count). The van der Waals surface area contributed by atoms with E-state index in [1.165, 1.54) is 4.68 Å². The first kappa shape index (κ1) is 20.4. The van der Waals surface area contributed by atoms with E-state index in [2.05, 4.69) is 15.4 Å². The largest absolute Gasteiger partial charge is 0.380 e. The summed E-state index contributed by atoms with van der Waals surface area (Å²) in [4.78, 5) is 31.0. The topological polar surface area (TPSA) is 80.1 Å². The van der Waals surface area contributed by atoms with Gasteiger partial charge in [0.2, 0.25) is 0 Å². The zero-order valence-electron chi connectivity index (χ0n) is 16.0. The summed E-state index contributed by atoms with van der Waals surface area (Å²) < 4.78 is 1.24. The standard InChI is InChI=1S/C21H19Cl2N5O2/c22-15-1-3-17(4-2-15)28-21(30)19(23)18(13-25-28)26-16-7-11-27(12-8-16)20(29)14-5-9-24-10-6-14/h1-6,9-10,13,16,26H,7-8,11-12H2. The lowest BCUT2D eigenvalue weighted by Gasteiger charge is -2.33. The molecule has 1 amide bonds.